The minimum Gasteiger partial charge on any atom is -0.482 e. The molecule has 0 radical (unpaired) electrons. The number of carbonyl (C=O) groups excluding carboxylic acids is 1. The third-order valence-corrected chi connectivity index (χ3v) is 3.37. The molecule has 1 aliphatic rings. The van der Waals surface area contributed by atoms with E-state index in [4.69, 9.17) is 10.00 Å². The molecule has 3 rings (SSSR count). The predicted octanol–water partition coefficient (Wildman–Crippen LogP) is 3.25. The lowest BCUT2D eigenvalue weighted by atomic mass is 10.1. The summed E-state index contributed by atoms with van der Waals surface area (Å²) in [5.74, 6) is 0.555. The Kier molecular flexibility index (Phi) is 3.88. The molecule has 2 aromatic carbocycles. The van der Waals surface area contributed by atoms with E-state index < -0.39 is 0 Å². The number of fused-ring (bicyclic) bond motifs is 1. The smallest absolute Gasteiger partial charge is 0.262 e. The molecule has 2 aromatic rings. The number of carbonyl (C=O) groups is 1. The maximum Gasteiger partial charge on any atom is 0.262 e. The van der Waals surface area contributed by atoms with Crippen LogP contribution in [0.15, 0.2) is 42.5 Å². The third kappa shape index (κ3) is 3.15. The van der Waals surface area contributed by atoms with E-state index in [1.54, 1.807) is 0 Å². The molecule has 4 nitrogen and oxygen atoms in total. The van der Waals surface area contributed by atoms with Crippen molar-refractivity contribution in [2.75, 3.05) is 11.9 Å². The van der Waals surface area contributed by atoms with Gasteiger partial charge >= 0.3 is 0 Å². The van der Waals surface area contributed by atoms with Crippen molar-refractivity contribution in [3.05, 3.63) is 59.2 Å². The van der Waals surface area contributed by atoms with Crippen LogP contribution >= 0.6 is 0 Å². The van der Waals surface area contributed by atoms with Crippen LogP contribution < -0.4 is 10.1 Å². The highest BCUT2D eigenvalue weighted by atomic mass is 16.5. The first-order valence-electron chi connectivity index (χ1n) is 6.95. The molecule has 1 aliphatic heterocycles. The Hall–Kier alpha value is -3.06. The van der Waals surface area contributed by atoms with Gasteiger partial charge in [0.2, 0.25) is 0 Å². The molecular formula is C18H14N2O2. The second-order valence-corrected chi connectivity index (χ2v) is 5.00. The lowest BCUT2D eigenvalue weighted by molar-refractivity contribution is -0.118. The zero-order valence-electron chi connectivity index (χ0n) is 11.9. The molecule has 0 saturated heterocycles. The summed E-state index contributed by atoms with van der Waals surface area (Å²) < 4.78 is 5.33. The second-order valence-electron chi connectivity index (χ2n) is 5.00. The van der Waals surface area contributed by atoms with Gasteiger partial charge in [0.15, 0.2) is 6.61 Å². The fourth-order valence-electron chi connectivity index (χ4n) is 2.23. The van der Waals surface area contributed by atoms with E-state index in [-0.39, 0.29) is 12.5 Å². The van der Waals surface area contributed by atoms with Crippen molar-refractivity contribution in [2.45, 2.75) is 6.42 Å². The summed E-state index contributed by atoms with van der Waals surface area (Å²) in [6.07, 6.45) is 4.39. The van der Waals surface area contributed by atoms with Crippen LogP contribution in [0, 0.1) is 11.3 Å². The average molecular weight is 290 g/mol. The molecule has 4 heteroatoms. The number of nitrogens with one attached hydrogen (secondary N) is 1. The molecule has 0 atom stereocenters. The summed E-state index contributed by atoms with van der Waals surface area (Å²) >= 11 is 0. The number of anilines is 1. The minimum atomic E-state index is -0.137. The maximum absolute atomic E-state index is 11.3. The summed E-state index contributed by atoms with van der Waals surface area (Å²) in [7, 11) is 0. The maximum atomic E-state index is 11.3. The number of rotatable bonds is 3. The highest BCUT2D eigenvalue weighted by molar-refractivity contribution is 5.95. The molecule has 0 bridgehead atoms. The predicted molar refractivity (Wildman–Crippen MR) is 85.3 cm³/mol. The molecule has 0 aromatic heterocycles. The van der Waals surface area contributed by atoms with E-state index in [1.165, 1.54) is 0 Å². The number of hydrogen-bond acceptors (Lipinski definition) is 3. The third-order valence-electron chi connectivity index (χ3n) is 3.37. The molecule has 0 unspecified atom stereocenters. The van der Waals surface area contributed by atoms with Crippen molar-refractivity contribution < 1.29 is 9.53 Å². The fraction of sp³-hybridized carbons (Fsp3) is 0.111. The molecule has 22 heavy (non-hydrogen) atoms. The van der Waals surface area contributed by atoms with Crippen molar-refractivity contribution >= 4 is 23.7 Å². The van der Waals surface area contributed by atoms with Crippen molar-refractivity contribution in [1.29, 1.82) is 5.26 Å². The molecule has 0 aliphatic carbocycles. The Morgan fingerprint density at radius 1 is 1.14 bits per heavy atom. The zero-order chi connectivity index (χ0) is 15.4. The Bertz CT molecular complexity index is 771. The van der Waals surface area contributed by atoms with Crippen molar-refractivity contribution in [3.8, 4) is 11.8 Å². The van der Waals surface area contributed by atoms with Gasteiger partial charge in [-0.1, -0.05) is 42.5 Å². The highest BCUT2D eigenvalue weighted by Crippen LogP contribution is 2.29. The molecule has 0 saturated carbocycles. The number of benzene rings is 2. The summed E-state index contributed by atoms with van der Waals surface area (Å²) in [6, 6.07) is 15.7. The number of amides is 1. The van der Waals surface area contributed by atoms with Gasteiger partial charge in [-0.05, 0) is 28.8 Å². The van der Waals surface area contributed by atoms with E-state index >= 15 is 0 Å². The first-order valence-corrected chi connectivity index (χ1v) is 6.95. The van der Waals surface area contributed by atoms with Crippen LogP contribution in [-0.4, -0.2) is 12.5 Å². The monoisotopic (exact) mass is 290 g/mol. The molecule has 1 heterocycles. The lowest BCUT2D eigenvalue weighted by Crippen LogP contribution is -2.25. The van der Waals surface area contributed by atoms with Crippen molar-refractivity contribution in [3.63, 3.8) is 0 Å². The topological polar surface area (TPSA) is 62.1 Å². The summed E-state index contributed by atoms with van der Waals surface area (Å²) in [5, 5.41) is 11.4. The minimum absolute atomic E-state index is 0.0667. The Morgan fingerprint density at radius 2 is 1.86 bits per heavy atom. The number of nitriles is 1. The Labute approximate surface area is 128 Å². The van der Waals surface area contributed by atoms with Crippen LogP contribution in [0.3, 0.4) is 0 Å². The van der Waals surface area contributed by atoms with Crippen LogP contribution in [0.2, 0.25) is 0 Å². The molecular weight excluding hydrogens is 276 g/mol. The normalized spacial score (nSPS) is 13.1. The summed E-state index contributed by atoms with van der Waals surface area (Å²) in [5.41, 5.74) is 3.74. The van der Waals surface area contributed by atoms with Gasteiger partial charge in [-0.3, -0.25) is 4.79 Å². The summed E-state index contributed by atoms with van der Waals surface area (Å²) in [4.78, 5) is 11.3. The van der Waals surface area contributed by atoms with E-state index in [0.717, 1.165) is 16.7 Å². The highest BCUT2D eigenvalue weighted by Gasteiger charge is 2.15. The van der Waals surface area contributed by atoms with E-state index in [2.05, 4.69) is 11.4 Å². The van der Waals surface area contributed by atoms with E-state index in [1.807, 2.05) is 54.6 Å². The van der Waals surface area contributed by atoms with Crippen LogP contribution in [-0.2, 0) is 11.2 Å². The van der Waals surface area contributed by atoms with Gasteiger partial charge in [-0.15, -0.1) is 0 Å². The Morgan fingerprint density at radius 3 is 2.64 bits per heavy atom. The van der Waals surface area contributed by atoms with Gasteiger partial charge in [-0.25, -0.2) is 0 Å². The largest absolute Gasteiger partial charge is 0.482 e. The van der Waals surface area contributed by atoms with Crippen molar-refractivity contribution in [1.82, 2.24) is 0 Å². The first-order chi connectivity index (χ1) is 10.7. The standard InChI is InChI=1S/C18H14N2O2/c19-10-9-14-3-1-13(2-4-14)5-6-15-7-8-17-16(11-15)20-18(21)12-22-17/h1-8,11H,9,12H2,(H,20,21)/b6-5+. The zero-order valence-corrected chi connectivity index (χ0v) is 11.9. The SMILES string of the molecule is N#CCc1ccc(/C=C/c2ccc3c(c2)NC(=O)CO3)cc1. The van der Waals surface area contributed by atoms with Crippen LogP contribution in [0.25, 0.3) is 12.2 Å². The van der Waals surface area contributed by atoms with Gasteiger partial charge in [0.1, 0.15) is 5.75 Å². The Balaban J connectivity index is 1.76. The van der Waals surface area contributed by atoms with Gasteiger partial charge in [0, 0.05) is 0 Å². The van der Waals surface area contributed by atoms with Crippen LogP contribution in [0.5, 0.6) is 5.75 Å². The van der Waals surface area contributed by atoms with E-state index in [9.17, 15) is 4.79 Å². The average Bonchev–Trinajstić information content (AvgIpc) is 2.54. The number of nitrogens with zero attached hydrogens (tertiary/aromatic N) is 1. The van der Waals surface area contributed by atoms with Crippen LogP contribution in [0.4, 0.5) is 5.69 Å². The molecule has 0 fully saturated rings. The first kappa shape index (κ1) is 13.9. The van der Waals surface area contributed by atoms with Gasteiger partial charge in [0.05, 0.1) is 18.2 Å². The van der Waals surface area contributed by atoms with E-state index in [0.29, 0.717) is 17.9 Å². The summed E-state index contributed by atoms with van der Waals surface area (Å²) in [6.45, 7) is 0.0667. The molecule has 1 N–H and O–H groups in total. The number of ether oxygens (including phenoxy) is 1. The second kappa shape index (κ2) is 6.15. The molecule has 0 spiro atoms. The lowest BCUT2D eigenvalue weighted by Gasteiger charge is -2.17. The molecule has 1 amide bonds. The van der Waals surface area contributed by atoms with Gasteiger partial charge in [-0.2, -0.15) is 5.26 Å². The van der Waals surface area contributed by atoms with Crippen molar-refractivity contribution in [2.24, 2.45) is 0 Å². The number of hydrogen-bond donors (Lipinski definition) is 1. The fourth-order valence-corrected chi connectivity index (χ4v) is 2.23. The van der Waals surface area contributed by atoms with Crippen LogP contribution in [0.1, 0.15) is 16.7 Å². The van der Waals surface area contributed by atoms with Gasteiger partial charge in [0.25, 0.3) is 5.91 Å². The molecule has 108 valence electrons. The van der Waals surface area contributed by atoms with Gasteiger partial charge < -0.3 is 10.1 Å². The quantitative estimate of drug-likeness (QED) is 0.883.